The highest BCUT2D eigenvalue weighted by atomic mass is 32.2. The average molecular weight is 294 g/mol. The maximum absolute atomic E-state index is 11.6. The summed E-state index contributed by atoms with van der Waals surface area (Å²) in [5.41, 5.74) is 7.89. The van der Waals surface area contributed by atoms with E-state index in [0.29, 0.717) is 18.6 Å². The molecule has 4 nitrogen and oxygen atoms in total. The summed E-state index contributed by atoms with van der Waals surface area (Å²) in [5.74, 6) is 0.678. The number of nitrogens with two attached hydrogens (primary N) is 1. The highest BCUT2D eigenvalue weighted by Gasteiger charge is 2.06. The van der Waals surface area contributed by atoms with Gasteiger partial charge in [0.2, 0.25) is 5.91 Å². The lowest BCUT2D eigenvalue weighted by Gasteiger charge is -2.11. The summed E-state index contributed by atoms with van der Waals surface area (Å²) in [6, 6.07) is 8.01. The van der Waals surface area contributed by atoms with Crippen LogP contribution in [0.2, 0.25) is 0 Å². The zero-order chi connectivity index (χ0) is 15.0. The minimum absolute atomic E-state index is 0.0180. The summed E-state index contributed by atoms with van der Waals surface area (Å²) in [4.78, 5) is 22.5. The quantitative estimate of drug-likeness (QED) is 0.756. The Bertz CT molecular complexity index is 446. The highest BCUT2D eigenvalue weighted by molar-refractivity contribution is 8.12. The molecule has 110 valence electrons. The standard InChI is InChI=1S/C15H22N2O2S/c1-3-14(16)17-15(19)9-8-12-4-6-13(7-5-12)10-20-11(2)18/h4-7,14H,3,8-10,16H2,1-2H3,(H,17,19). The first-order valence-electron chi connectivity index (χ1n) is 6.77. The fourth-order valence-electron chi connectivity index (χ4n) is 1.63. The van der Waals surface area contributed by atoms with Crippen LogP contribution in [0.4, 0.5) is 0 Å². The van der Waals surface area contributed by atoms with Gasteiger partial charge in [-0.3, -0.25) is 9.59 Å². The lowest BCUT2D eigenvalue weighted by atomic mass is 10.1. The molecule has 0 spiro atoms. The van der Waals surface area contributed by atoms with Gasteiger partial charge in [-0.1, -0.05) is 43.0 Å². The maximum Gasteiger partial charge on any atom is 0.221 e. The van der Waals surface area contributed by atoms with Crippen LogP contribution in [0.1, 0.15) is 37.8 Å². The molecule has 1 aromatic carbocycles. The van der Waals surface area contributed by atoms with Crippen molar-refractivity contribution in [2.75, 3.05) is 0 Å². The van der Waals surface area contributed by atoms with Crippen molar-refractivity contribution in [3.8, 4) is 0 Å². The van der Waals surface area contributed by atoms with Crippen LogP contribution in [-0.2, 0) is 21.8 Å². The summed E-state index contributed by atoms with van der Waals surface area (Å²) in [5, 5.41) is 2.87. The molecule has 0 saturated heterocycles. The molecule has 0 aromatic heterocycles. The third-order valence-electron chi connectivity index (χ3n) is 2.89. The van der Waals surface area contributed by atoms with Crippen LogP contribution >= 0.6 is 11.8 Å². The largest absolute Gasteiger partial charge is 0.341 e. The van der Waals surface area contributed by atoms with Gasteiger partial charge in [0, 0.05) is 19.1 Å². The van der Waals surface area contributed by atoms with E-state index in [1.54, 1.807) is 6.92 Å². The lowest BCUT2D eigenvalue weighted by Crippen LogP contribution is -2.40. The number of hydrogen-bond donors (Lipinski definition) is 2. The third-order valence-corrected chi connectivity index (χ3v) is 3.78. The summed E-state index contributed by atoms with van der Waals surface area (Å²) < 4.78 is 0. The molecule has 0 radical (unpaired) electrons. The topological polar surface area (TPSA) is 72.2 Å². The predicted molar refractivity (Wildman–Crippen MR) is 83.1 cm³/mol. The van der Waals surface area contributed by atoms with Gasteiger partial charge in [0.1, 0.15) is 0 Å². The molecule has 5 heteroatoms. The molecule has 0 aliphatic rings. The zero-order valence-electron chi connectivity index (χ0n) is 12.0. The first-order valence-corrected chi connectivity index (χ1v) is 7.76. The van der Waals surface area contributed by atoms with E-state index in [2.05, 4.69) is 5.32 Å². The Morgan fingerprint density at radius 2 is 1.85 bits per heavy atom. The predicted octanol–water partition coefficient (Wildman–Crippen LogP) is 2.21. The van der Waals surface area contributed by atoms with Crippen molar-refractivity contribution in [1.29, 1.82) is 0 Å². The van der Waals surface area contributed by atoms with Gasteiger partial charge in [0.15, 0.2) is 5.12 Å². The van der Waals surface area contributed by atoms with Crippen molar-refractivity contribution < 1.29 is 9.59 Å². The fourth-order valence-corrected chi connectivity index (χ4v) is 2.19. The van der Waals surface area contributed by atoms with E-state index in [9.17, 15) is 9.59 Å². The van der Waals surface area contributed by atoms with Gasteiger partial charge < -0.3 is 11.1 Å². The molecular weight excluding hydrogens is 272 g/mol. The molecule has 1 atom stereocenters. The van der Waals surface area contributed by atoms with Crippen LogP contribution in [0.3, 0.4) is 0 Å². The van der Waals surface area contributed by atoms with Gasteiger partial charge >= 0.3 is 0 Å². The van der Waals surface area contributed by atoms with Crippen LogP contribution in [0.5, 0.6) is 0 Å². The van der Waals surface area contributed by atoms with E-state index in [1.807, 2.05) is 31.2 Å². The summed E-state index contributed by atoms with van der Waals surface area (Å²) in [6.07, 6.45) is 1.61. The number of carbonyl (C=O) groups is 2. The smallest absolute Gasteiger partial charge is 0.221 e. The van der Waals surface area contributed by atoms with Crippen molar-refractivity contribution in [2.45, 2.75) is 45.0 Å². The van der Waals surface area contributed by atoms with E-state index in [0.717, 1.165) is 17.5 Å². The van der Waals surface area contributed by atoms with Crippen molar-refractivity contribution in [1.82, 2.24) is 5.32 Å². The normalized spacial score (nSPS) is 11.9. The summed E-state index contributed by atoms with van der Waals surface area (Å²) in [7, 11) is 0. The number of aryl methyl sites for hydroxylation is 1. The van der Waals surface area contributed by atoms with Crippen LogP contribution in [0.25, 0.3) is 0 Å². The van der Waals surface area contributed by atoms with E-state index >= 15 is 0 Å². The number of rotatable bonds is 7. The molecule has 0 bridgehead atoms. The summed E-state index contributed by atoms with van der Waals surface area (Å²) >= 11 is 1.30. The van der Waals surface area contributed by atoms with Crippen molar-refractivity contribution in [2.24, 2.45) is 5.73 Å². The third kappa shape index (κ3) is 6.73. The van der Waals surface area contributed by atoms with E-state index in [-0.39, 0.29) is 17.2 Å². The number of benzene rings is 1. The lowest BCUT2D eigenvalue weighted by molar-refractivity contribution is -0.121. The number of hydrogen-bond acceptors (Lipinski definition) is 4. The second-order valence-electron chi connectivity index (χ2n) is 4.68. The molecule has 1 amide bonds. The number of amides is 1. The van der Waals surface area contributed by atoms with Crippen LogP contribution < -0.4 is 11.1 Å². The van der Waals surface area contributed by atoms with Gasteiger partial charge in [-0.05, 0) is 24.0 Å². The van der Waals surface area contributed by atoms with Gasteiger partial charge in [0.25, 0.3) is 0 Å². The number of nitrogens with one attached hydrogen (secondary N) is 1. The molecule has 0 aliphatic carbocycles. The average Bonchev–Trinajstić information content (AvgIpc) is 2.43. The molecular formula is C15H22N2O2S. The number of thioether (sulfide) groups is 1. The number of carbonyl (C=O) groups excluding carboxylic acids is 2. The van der Waals surface area contributed by atoms with Crippen LogP contribution in [0, 0.1) is 0 Å². The monoisotopic (exact) mass is 294 g/mol. The molecule has 0 saturated carbocycles. The van der Waals surface area contributed by atoms with E-state index in [1.165, 1.54) is 11.8 Å². The SMILES string of the molecule is CCC(N)NC(=O)CCc1ccc(CSC(C)=O)cc1. The summed E-state index contributed by atoms with van der Waals surface area (Å²) in [6.45, 7) is 3.50. The van der Waals surface area contributed by atoms with Gasteiger partial charge in [-0.15, -0.1) is 0 Å². The highest BCUT2D eigenvalue weighted by Crippen LogP contribution is 2.14. The van der Waals surface area contributed by atoms with Gasteiger partial charge in [-0.25, -0.2) is 0 Å². The Hall–Kier alpha value is -1.33. The van der Waals surface area contributed by atoms with Crippen molar-refractivity contribution in [3.05, 3.63) is 35.4 Å². The molecule has 1 unspecified atom stereocenters. The van der Waals surface area contributed by atoms with Crippen LogP contribution in [-0.4, -0.2) is 17.2 Å². The second kappa shape index (κ2) is 8.76. The van der Waals surface area contributed by atoms with Gasteiger partial charge in [0.05, 0.1) is 6.17 Å². The minimum atomic E-state index is -0.256. The second-order valence-corrected chi connectivity index (χ2v) is 5.83. The Morgan fingerprint density at radius 1 is 1.25 bits per heavy atom. The molecule has 3 N–H and O–H groups in total. The molecule has 0 fully saturated rings. The van der Waals surface area contributed by atoms with Crippen LogP contribution in [0.15, 0.2) is 24.3 Å². The van der Waals surface area contributed by atoms with Crippen molar-refractivity contribution in [3.63, 3.8) is 0 Å². The maximum atomic E-state index is 11.6. The molecule has 20 heavy (non-hydrogen) atoms. The Morgan fingerprint density at radius 3 is 2.40 bits per heavy atom. The fraction of sp³-hybridized carbons (Fsp3) is 0.467. The van der Waals surface area contributed by atoms with E-state index in [4.69, 9.17) is 5.73 Å². The Labute approximate surface area is 124 Å². The molecule has 0 aliphatic heterocycles. The van der Waals surface area contributed by atoms with Gasteiger partial charge in [-0.2, -0.15) is 0 Å². The van der Waals surface area contributed by atoms with Crippen molar-refractivity contribution >= 4 is 22.8 Å². The Kier molecular flexibility index (Phi) is 7.33. The first-order chi connectivity index (χ1) is 9.51. The molecule has 0 heterocycles. The Balaban J connectivity index is 2.38. The zero-order valence-corrected chi connectivity index (χ0v) is 12.8. The first kappa shape index (κ1) is 16.7. The minimum Gasteiger partial charge on any atom is -0.341 e. The molecule has 1 rings (SSSR count). The van der Waals surface area contributed by atoms with E-state index < -0.39 is 0 Å². The molecule has 1 aromatic rings.